The van der Waals surface area contributed by atoms with E-state index in [1.807, 2.05) is 6.08 Å². The van der Waals surface area contributed by atoms with Gasteiger partial charge in [-0.1, -0.05) is 12.2 Å². The Morgan fingerprint density at radius 1 is 1.28 bits per heavy atom. The van der Waals surface area contributed by atoms with Gasteiger partial charge in [0.15, 0.2) is 0 Å². The highest BCUT2D eigenvalue weighted by molar-refractivity contribution is 5.86. The monoisotopic (exact) mass is 408 g/mol. The Bertz CT molecular complexity index is 563. The van der Waals surface area contributed by atoms with Crippen LogP contribution < -0.4 is 5.32 Å². The van der Waals surface area contributed by atoms with Crippen LogP contribution in [0.25, 0.3) is 0 Å². The number of carbonyl (C=O) groups is 3. The van der Waals surface area contributed by atoms with E-state index in [0.717, 1.165) is 32.1 Å². The van der Waals surface area contributed by atoms with Crippen LogP contribution in [0.1, 0.15) is 58.3 Å². The van der Waals surface area contributed by atoms with Gasteiger partial charge in [0, 0.05) is 25.4 Å². The first-order valence-electron chi connectivity index (χ1n) is 10.5. The van der Waals surface area contributed by atoms with Crippen molar-refractivity contribution in [2.75, 3.05) is 19.8 Å². The van der Waals surface area contributed by atoms with Crippen molar-refractivity contribution in [1.82, 2.24) is 10.2 Å². The van der Waals surface area contributed by atoms with Crippen molar-refractivity contribution in [3.8, 4) is 0 Å². The Labute approximate surface area is 174 Å². The maximum absolute atomic E-state index is 13.0. The fourth-order valence-electron chi connectivity index (χ4n) is 3.43. The number of hydrogen-bond donors (Lipinski definition) is 2. The minimum atomic E-state index is -0.506. The van der Waals surface area contributed by atoms with E-state index in [2.05, 4.69) is 18.5 Å². The van der Waals surface area contributed by atoms with Crippen molar-refractivity contribution in [1.29, 1.82) is 0 Å². The molecule has 3 unspecified atom stereocenters. The highest BCUT2D eigenvalue weighted by Gasteiger charge is 2.34. The van der Waals surface area contributed by atoms with Gasteiger partial charge in [0.05, 0.1) is 18.6 Å². The Balaban J connectivity index is 2.57. The number of hydrogen-bond acceptors (Lipinski definition) is 5. The predicted molar refractivity (Wildman–Crippen MR) is 112 cm³/mol. The molecule has 0 aromatic carbocycles. The Morgan fingerprint density at radius 3 is 2.69 bits per heavy atom. The fraction of sp³-hybridized carbons (Fsp3) is 0.682. The summed E-state index contributed by atoms with van der Waals surface area (Å²) in [6.45, 7) is 9.69. The fourth-order valence-corrected chi connectivity index (χ4v) is 3.43. The van der Waals surface area contributed by atoms with Gasteiger partial charge in [0.25, 0.3) is 0 Å². The lowest BCUT2D eigenvalue weighted by atomic mass is 9.98. The van der Waals surface area contributed by atoms with Crippen LogP contribution in [-0.2, 0) is 19.1 Å². The van der Waals surface area contributed by atoms with Crippen LogP contribution >= 0.6 is 0 Å². The van der Waals surface area contributed by atoms with Crippen LogP contribution in [0.15, 0.2) is 25.3 Å². The number of esters is 1. The summed E-state index contributed by atoms with van der Waals surface area (Å²) in [5.41, 5.74) is 0. The van der Waals surface area contributed by atoms with Gasteiger partial charge in [0.1, 0.15) is 6.61 Å². The zero-order chi connectivity index (χ0) is 21.6. The molecular formula is C22H36N2O5. The molecule has 1 saturated heterocycles. The topological polar surface area (TPSA) is 95.9 Å². The molecule has 3 atom stereocenters. The summed E-state index contributed by atoms with van der Waals surface area (Å²) in [5, 5.41) is 11.7. The number of amides is 2. The standard InChI is InChI=1S/C22H36N2O5/c1-4-6-7-8-12-21(27)29-16-19-11-9-13-24(19)22(28)18(10-5-2)14-20(26)23-17(3)15-25/h4-5,17-19,25H,1-2,6-16H2,3H3,(H,23,26). The first-order chi connectivity index (χ1) is 13.9. The van der Waals surface area contributed by atoms with Gasteiger partial charge in [-0.15, -0.1) is 13.2 Å². The number of rotatable bonds is 14. The molecule has 1 aliphatic heterocycles. The molecule has 0 bridgehead atoms. The van der Waals surface area contributed by atoms with E-state index in [1.165, 1.54) is 0 Å². The summed E-state index contributed by atoms with van der Waals surface area (Å²) in [7, 11) is 0. The first kappa shape index (κ1) is 24.9. The third kappa shape index (κ3) is 9.26. The molecule has 1 fully saturated rings. The SMILES string of the molecule is C=CCCCCC(=O)OCC1CCCN1C(=O)C(CC=C)CC(=O)NC(C)CO. The zero-order valence-corrected chi connectivity index (χ0v) is 17.6. The smallest absolute Gasteiger partial charge is 0.305 e. The maximum atomic E-state index is 13.0. The van der Waals surface area contributed by atoms with Crippen LogP contribution in [0.3, 0.4) is 0 Å². The van der Waals surface area contributed by atoms with E-state index >= 15 is 0 Å². The number of allylic oxidation sites excluding steroid dienone is 2. The Hall–Kier alpha value is -2.15. The molecular weight excluding hydrogens is 372 g/mol. The van der Waals surface area contributed by atoms with E-state index in [1.54, 1.807) is 17.9 Å². The number of ether oxygens (including phenoxy) is 1. The summed E-state index contributed by atoms with van der Waals surface area (Å²) in [6, 6.07) is -0.501. The second kappa shape index (κ2) is 13.9. The van der Waals surface area contributed by atoms with Crippen molar-refractivity contribution in [3.05, 3.63) is 25.3 Å². The first-order valence-corrected chi connectivity index (χ1v) is 10.5. The zero-order valence-electron chi connectivity index (χ0n) is 17.6. The average molecular weight is 409 g/mol. The predicted octanol–water partition coefficient (Wildman–Crippen LogP) is 2.35. The van der Waals surface area contributed by atoms with Crippen LogP contribution in [-0.4, -0.2) is 59.6 Å². The molecule has 164 valence electrons. The number of likely N-dealkylation sites (tertiary alicyclic amines) is 1. The van der Waals surface area contributed by atoms with Gasteiger partial charge in [-0.3, -0.25) is 14.4 Å². The molecule has 0 aromatic rings. The minimum Gasteiger partial charge on any atom is -0.463 e. The molecule has 1 aliphatic rings. The molecule has 0 aromatic heterocycles. The van der Waals surface area contributed by atoms with Crippen molar-refractivity contribution in [2.45, 2.75) is 70.4 Å². The molecule has 2 amide bonds. The third-order valence-electron chi connectivity index (χ3n) is 5.05. The van der Waals surface area contributed by atoms with Crippen LogP contribution in [0, 0.1) is 5.92 Å². The lowest BCUT2D eigenvalue weighted by molar-refractivity contribution is -0.148. The van der Waals surface area contributed by atoms with Crippen molar-refractivity contribution in [3.63, 3.8) is 0 Å². The second-order valence-corrected chi connectivity index (χ2v) is 7.62. The van der Waals surface area contributed by atoms with E-state index in [9.17, 15) is 14.4 Å². The maximum Gasteiger partial charge on any atom is 0.305 e. The van der Waals surface area contributed by atoms with Crippen molar-refractivity contribution >= 4 is 17.8 Å². The molecule has 0 saturated carbocycles. The van der Waals surface area contributed by atoms with Gasteiger partial charge in [-0.05, 0) is 45.4 Å². The van der Waals surface area contributed by atoms with Crippen LogP contribution in [0.4, 0.5) is 0 Å². The molecule has 1 rings (SSSR count). The van der Waals surface area contributed by atoms with Crippen molar-refractivity contribution < 1.29 is 24.2 Å². The van der Waals surface area contributed by atoms with Gasteiger partial charge in [-0.25, -0.2) is 0 Å². The summed E-state index contributed by atoms with van der Waals surface area (Å²) in [5.74, 6) is -1.13. The number of carbonyl (C=O) groups excluding carboxylic acids is 3. The molecule has 1 heterocycles. The van der Waals surface area contributed by atoms with Crippen LogP contribution in [0.2, 0.25) is 0 Å². The molecule has 0 aliphatic carbocycles. The minimum absolute atomic E-state index is 0.0432. The van der Waals surface area contributed by atoms with Crippen molar-refractivity contribution in [2.24, 2.45) is 5.92 Å². The van der Waals surface area contributed by atoms with Gasteiger partial charge < -0.3 is 20.1 Å². The lowest BCUT2D eigenvalue weighted by Crippen LogP contribution is -2.44. The van der Waals surface area contributed by atoms with E-state index < -0.39 is 5.92 Å². The van der Waals surface area contributed by atoms with Gasteiger partial charge >= 0.3 is 5.97 Å². The quantitative estimate of drug-likeness (QED) is 0.261. The van der Waals surface area contributed by atoms with E-state index in [4.69, 9.17) is 9.84 Å². The molecule has 7 heteroatoms. The molecule has 0 radical (unpaired) electrons. The van der Waals surface area contributed by atoms with Crippen LogP contribution in [0.5, 0.6) is 0 Å². The summed E-state index contributed by atoms with van der Waals surface area (Å²) in [6.07, 6.45) is 8.47. The summed E-state index contributed by atoms with van der Waals surface area (Å²) >= 11 is 0. The van der Waals surface area contributed by atoms with E-state index in [0.29, 0.717) is 19.4 Å². The number of nitrogens with zero attached hydrogens (tertiary/aromatic N) is 1. The van der Waals surface area contributed by atoms with Gasteiger partial charge in [-0.2, -0.15) is 0 Å². The Kier molecular flexibility index (Phi) is 12.0. The third-order valence-corrected chi connectivity index (χ3v) is 5.05. The molecule has 2 N–H and O–H groups in total. The molecule has 7 nitrogen and oxygen atoms in total. The lowest BCUT2D eigenvalue weighted by Gasteiger charge is -2.28. The average Bonchev–Trinajstić information content (AvgIpc) is 3.17. The number of aliphatic hydroxyl groups is 1. The number of unbranched alkanes of at least 4 members (excludes halogenated alkanes) is 2. The van der Waals surface area contributed by atoms with E-state index in [-0.39, 0.29) is 49.5 Å². The Morgan fingerprint density at radius 2 is 2.03 bits per heavy atom. The second-order valence-electron chi connectivity index (χ2n) is 7.62. The van der Waals surface area contributed by atoms with Gasteiger partial charge in [0.2, 0.25) is 11.8 Å². The number of nitrogens with one attached hydrogen (secondary N) is 1. The number of aliphatic hydroxyl groups excluding tert-OH is 1. The normalized spacial score (nSPS) is 18.0. The highest BCUT2D eigenvalue weighted by atomic mass is 16.5. The summed E-state index contributed by atoms with van der Waals surface area (Å²) in [4.78, 5) is 38.8. The molecule has 29 heavy (non-hydrogen) atoms. The molecule has 0 spiro atoms. The largest absolute Gasteiger partial charge is 0.463 e. The summed E-state index contributed by atoms with van der Waals surface area (Å²) < 4.78 is 5.39. The highest BCUT2D eigenvalue weighted by Crippen LogP contribution is 2.23.